The van der Waals surface area contributed by atoms with E-state index in [-0.39, 0.29) is 42.7 Å². The van der Waals surface area contributed by atoms with E-state index in [4.69, 9.17) is 47.5 Å². The number of hydrogen-bond acceptors (Lipinski definition) is 13. The molecule has 1 amide bonds. The molecule has 0 spiro atoms. The molecule has 3 aliphatic heterocycles. The first-order valence-corrected chi connectivity index (χ1v) is 19.7. The molecule has 6 atom stereocenters. The summed E-state index contributed by atoms with van der Waals surface area (Å²) in [7, 11) is 1.62. The number of carbonyl (C=O) groups excluding carboxylic acids is 2. The summed E-state index contributed by atoms with van der Waals surface area (Å²) in [6.07, 6.45) is 4.40. The van der Waals surface area contributed by atoms with Gasteiger partial charge in [0.2, 0.25) is 5.79 Å². The molecule has 2 aromatic carbocycles. The first-order chi connectivity index (χ1) is 27.0. The third kappa shape index (κ3) is 12.3. The Morgan fingerprint density at radius 2 is 1.67 bits per heavy atom. The fourth-order valence-corrected chi connectivity index (χ4v) is 6.54. The molecular weight excluding hydrogens is 750 g/mol. The van der Waals surface area contributed by atoms with Crippen molar-refractivity contribution in [2.24, 2.45) is 5.92 Å². The lowest BCUT2D eigenvalue weighted by molar-refractivity contribution is -0.156. The van der Waals surface area contributed by atoms with Gasteiger partial charge in [-0.3, -0.25) is 4.84 Å². The van der Waals surface area contributed by atoms with E-state index in [2.05, 4.69) is 0 Å². The maximum atomic E-state index is 13.7. The largest absolute Gasteiger partial charge is 0.497 e. The molecule has 1 unspecified atom stereocenters. The Labute approximate surface area is 342 Å². The van der Waals surface area contributed by atoms with Crippen LogP contribution in [0.3, 0.4) is 0 Å². The average Bonchev–Trinajstić information content (AvgIpc) is 3.62. The van der Waals surface area contributed by atoms with Gasteiger partial charge in [0.15, 0.2) is 11.6 Å². The normalized spacial score (nSPS) is 23.9. The predicted molar refractivity (Wildman–Crippen MR) is 215 cm³/mol. The first kappa shape index (κ1) is 45.1. The van der Waals surface area contributed by atoms with E-state index >= 15 is 0 Å². The predicted octanol–water partition coefficient (Wildman–Crippen LogP) is 7.89. The molecule has 320 valence electrons. The minimum Gasteiger partial charge on any atom is -0.497 e. The van der Waals surface area contributed by atoms with Crippen molar-refractivity contribution < 1.29 is 62.2 Å². The summed E-state index contributed by atoms with van der Waals surface area (Å²) < 4.78 is 53.8. The van der Waals surface area contributed by atoms with Crippen LogP contribution in [0.15, 0.2) is 54.6 Å². The van der Waals surface area contributed by atoms with Gasteiger partial charge in [0.1, 0.15) is 47.6 Å². The Hall–Kier alpha value is -4.02. The Kier molecular flexibility index (Phi) is 14.0. The molecule has 1 N–H and O–H groups in total. The summed E-state index contributed by atoms with van der Waals surface area (Å²) in [5.74, 6) is -2.82. The molecule has 2 fully saturated rings. The third-order valence-electron chi connectivity index (χ3n) is 9.44. The number of cyclic esters (lactones) is 1. The first-order valence-electron chi connectivity index (χ1n) is 19.7. The topological polar surface area (TPSA) is 150 Å². The maximum Gasteiger partial charge on any atom is 0.439 e. The van der Waals surface area contributed by atoms with Crippen LogP contribution in [0.5, 0.6) is 11.5 Å². The molecule has 58 heavy (non-hydrogen) atoms. The number of nitrogens with zero attached hydrogens (tertiary/aromatic N) is 1. The zero-order valence-electron chi connectivity index (χ0n) is 35.9. The van der Waals surface area contributed by atoms with E-state index in [1.165, 1.54) is 0 Å². The minimum absolute atomic E-state index is 0.0261. The van der Waals surface area contributed by atoms with Gasteiger partial charge < -0.3 is 47.7 Å². The average molecular weight is 812 g/mol. The van der Waals surface area contributed by atoms with Crippen molar-refractivity contribution in [1.82, 2.24) is 0 Å². The van der Waals surface area contributed by atoms with E-state index in [9.17, 15) is 14.7 Å². The number of aliphatic hydroxyl groups excluding tert-OH is 1. The highest BCUT2D eigenvalue weighted by Gasteiger charge is 2.45. The standard InChI is InChI=1S/C44H61NO13/c1-27(28(2)46)16-21-34(50-24-29-17-19-32(49-12)20-18-29)38-35(54-43(8,9)56-38)15-13-14-30-22-31(23-36-37(30)39(47)57-44(10,11)55-36)45(40(48)58-41(3,4)5)52-26-33-25-51-42(6,7)53-33/h13-14,16-23,27-28,33-35,38,46H,15,24-26H2,1-12H3/t27-,28+,33-,34?,35+,38-/m1/s1. The highest BCUT2D eigenvalue weighted by molar-refractivity contribution is 5.99. The van der Waals surface area contributed by atoms with Crippen LogP contribution in [0, 0.1) is 5.92 Å². The SMILES string of the molecule is COc1ccc(COC(C=C[C@@H](C)[C@H](C)O)[C@H]2OC(C)(C)O[C@H]2CC=Cc2cc(N(OC[C@H]3COC(C)(C)O3)C(=O)OC(C)(C)C)cc3c2C(=O)OC(C)(C)O3)cc1. The van der Waals surface area contributed by atoms with E-state index < -0.39 is 65.5 Å². The van der Waals surface area contributed by atoms with Crippen molar-refractivity contribution in [3.63, 3.8) is 0 Å². The van der Waals surface area contributed by atoms with Gasteiger partial charge in [0.05, 0.1) is 38.2 Å². The van der Waals surface area contributed by atoms with Gasteiger partial charge in [-0.2, -0.15) is 5.06 Å². The van der Waals surface area contributed by atoms with Gasteiger partial charge in [-0.05, 0) is 97.1 Å². The molecule has 3 aliphatic rings. The number of fused-ring (bicyclic) bond motifs is 1. The number of hydroxylamine groups is 1. The summed E-state index contributed by atoms with van der Waals surface area (Å²) in [6, 6.07) is 10.8. The Morgan fingerprint density at radius 3 is 2.29 bits per heavy atom. The van der Waals surface area contributed by atoms with Crippen LogP contribution in [0.2, 0.25) is 0 Å². The van der Waals surface area contributed by atoms with Crippen molar-refractivity contribution in [3.8, 4) is 11.5 Å². The van der Waals surface area contributed by atoms with Crippen LogP contribution in [0.4, 0.5) is 10.5 Å². The van der Waals surface area contributed by atoms with Gasteiger partial charge in [-0.1, -0.05) is 43.4 Å². The Bertz CT molecular complexity index is 1790. The van der Waals surface area contributed by atoms with E-state index in [0.717, 1.165) is 16.4 Å². The molecule has 3 heterocycles. The molecule has 14 heteroatoms. The monoisotopic (exact) mass is 811 g/mol. The van der Waals surface area contributed by atoms with Gasteiger partial charge in [0, 0.05) is 19.9 Å². The number of benzene rings is 2. The fourth-order valence-electron chi connectivity index (χ4n) is 6.54. The fraction of sp³-hybridized carbons (Fsp3) is 0.591. The zero-order chi connectivity index (χ0) is 42.6. The lowest BCUT2D eigenvalue weighted by Gasteiger charge is -2.33. The molecule has 0 aliphatic carbocycles. The summed E-state index contributed by atoms with van der Waals surface area (Å²) >= 11 is 0. The molecule has 2 saturated heterocycles. The van der Waals surface area contributed by atoms with Crippen LogP contribution in [0.25, 0.3) is 6.08 Å². The molecule has 0 bridgehead atoms. The summed E-state index contributed by atoms with van der Waals surface area (Å²) in [6.45, 7) is 20.0. The van der Waals surface area contributed by atoms with Crippen molar-refractivity contribution >= 4 is 23.8 Å². The van der Waals surface area contributed by atoms with Crippen LogP contribution in [-0.2, 0) is 44.6 Å². The minimum atomic E-state index is -1.28. The van der Waals surface area contributed by atoms with Crippen molar-refractivity contribution in [2.45, 2.75) is 143 Å². The number of amides is 1. The molecule has 0 saturated carbocycles. The number of ether oxygens (including phenoxy) is 9. The Morgan fingerprint density at radius 1 is 0.966 bits per heavy atom. The van der Waals surface area contributed by atoms with E-state index in [0.29, 0.717) is 12.0 Å². The lowest BCUT2D eigenvalue weighted by Crippen LogP contribution is -2.41. The lowest BCUT2D eigenvalue weighted by atomic mass is 9.99. The number of esters is 1. The van der Waals surface area contributed by atoms with Gasteiger partial charge in [-0.15, -0.1) is 0 Å². The number of aliphatic hydroxyl groups is 1. The quantitative estimate of drug-likeness (QED) is 0.106. The van der Waals surface area contributed by atoms with Gasteiger partial charge in [-0.25, -0.2) is 9.59 Å². The van der Waals surface area contributed by atoms with Gasteiger partial charge >= 0.3 is 12.1 Å². The number of methoxy groups -OCH3 is 1. The van der Waals surface area contributed by atoms with Crippen LogP contribution in [-0.4, -0.2) is 91.0 Å². The number of carbonyl (C=O) groups is 2. The highest BCUT2D eigenvalue weighted by atomic mass is 16.8. The van der Waals surface area contributed by atoms with E-state index in [1.807, 2.05) is 63.3 Å². The Balaban J connectivity index is 1.46. The molecular formula is C44H61NO13. The second-order valence-electron chi connectivity index (χ2n) is 17.2. The molecule has 14 nitrogen and oxygen atoms in total. The number of rotatable bonds is 15. The summed E-state index contributed by atoms with van der Waals surface area (Å²) in [5.41, 5.74) is 0.922. The maximum absolute atomic E-state index is 13.7. The summed E-state index contributed by atoms with van der Waals surface area (Å²) in [5, 5.41) is 11.3. The third-order valence-corrected chi connectivity index (χ3v) is 9.44. The second-order valence-corrected chi connectivity index (χ2v) is 17.2. The van der Waals surface area contributed by atoms with Crippen molar-refractivity contribution in [3.05, 3.63) is 71.3 Å². The summed E-state index contributed by atoms with van der Waals surface area (Å²) in [4.78, 5) is 33.3. The molecule has 2 aromatic rings. The van der Waals surface area contributed by atoms with Crippen LogP contribution < -0.4 is 14.5 Å². The molecule has 0 aromatic heterocycles. The smallest absolute Gasteiger partial charge is 0.439 e. The molecule has 5 rings (SSSR count). The van der Waals surface area contributed by atoms with Crippen molar-refractivity contribution in [2.75, 3.05) is 25.4 Å². The van der Waals surface area contributed by atoms with Gasteiger partial charge in [0.25, 0.3) is 0 Å². The van der Waals surface area contributed by atoms with E-state index in [1.54, 1.807) is 80.7 Å². The van der Waals surface area contributed by atoms with Crippen LogP contribution >= 0.6 is 0 Å². The molecule has 0 radical (unpaired) electrons. The van der Waals surface area contributed by atoms with Crippen molar-refractivity contribution in [1.29, 1.82) is 0 Å². The van der Waals surface area contributed by atoms with Crippen LogP contribution in [0.1, 0.15) is 104 Å². The number of hydrogen-bond donors (Lipinski definition) is 1. The zero-order valence-corrected chi connectivity index (χ0v) is 35.9. The highest BCUT2D eigenvalue weighted by Crippen LogP contribution is 2.39. The number of anilines is 1. The second kappa shape index (κ2) is 18.1.